The molecule has 0 aromatic heterocycles. The van der Waals surface area contributed by atoms with E-state index in [4.69, 9.17) is 0 Å². The van der Waals surface area contributed by atoms with Gasteiger partial charge in [-0.15, -0.1) is 0 Å². The van der Waals surface area contributed by atoms with E-state index in [1.54, 1.807) is 0 Å². The van der Waals surface area contributed by atoms with Crippen molar-refractivity contribution in [2.75, 3.05) is 19.6 Å². The first-order valence-electron chi connectivity index (χ1n) is 38.5. The Morgan fingerprint density at radius 2 is 0.514 bits per heavy atom. The van der Waals surface area contributed by atoms with Crippen LogP contribution < -0.4 is 19.6 Å². The molecule has 109 heavy (non-hydrogen) atoms. The molecule has 0 N–H and O–H groups in total. The van der Waals surface area contributed by atoms with E-state index in [0.29, 0.717) is 0 Å². The molecule has 17 aromatic rings. The first-order chi connectivity index (χ1) is 53.2. The molecule has 0 saturated heterocycles. The Bertz CT molecular complexity index is 6170. The van der Waals surface area contributed by atoms with Crippen LogP contribution >= 0.6 is 0 Å². The first kappa shape index (κ1) is 64.4. The smallest absolute Gasteiger partial charge is 0.0566 e. The van der Waals surface area contributed by atoms with Crippen molar-refractivity contribution in [2.45, 2.75) is 70.3 Å². The third-order valence-corrected chi connectivity index (χ3v) is 24.7. The van der Waals surface area contributed by atoms with Gasteiger partial charge in [0.2, 0.25) is 0 Å². The second kappa shape index (κ2) is 24.5. The minimum Gasteiger partial charge on any atom is -0.334 e. The summed E-state index contributed by atoms with van der Waals surface area (Å²) in [6.07, 6.45) is 5.63. The lowest BCUT2D eigenvalue weighted by Gasteiger charge is -2.55. The van der Waals surface area contributed by atoms with Gasteiger partial charge in [0.15, 0.2) is 0 Å². The van der Waals surface area contributed by atoms with E-state index >= 15 is 0 Å². The molecule has 17 aromatic carbocycles. The van der Waals surface area contributed by atoms with Gasteiger partial charge >= 0.3 is 0 Å². The highest BCUT2D eigenvalue weighted by molar-refractivity contribution is 6.03. The van der Waals surface area contributed by atoms with Crippen LogP contribution in [0.3, 0.4) is 0 Å². The molecule has 1 aliphatic carbocycles. The molecule has 0 bridgehead atoms. The number of benzene rings is 17. The zero-order valence-electron chi connectivity index (χ0n) is 62.1. The molecule has 4 heteroatoms. The lowest BCUT2D eigenvalue weighted by atomic mass is 9.60. The Hall–Kier alpha value is -13.0. The van der Waals surface area contributed by atoms with E-state index in [0.717, 1.165) is 46.2 Å². The minimum absolute atomic E-state index is 0.118. The van der Waals surface area contributed by atoms with Crippen LogP contribution in [0, 0.1) is 0 Å². The summed E-state index contributed by atoms with van der Waals surface area (Å²) in [5, 5.41) is 12.2. The van der Waals surface area contributed by atoms with Crippen LogP contribution in [-0.4, -0.2) is 6.04 Å². The monoisotopic (exact) mass is 1400 g/mol. The molecule has 1 unspecified atom stereocenters. The number of hydrogen-bond donors (Lipinski definition) is 0. The summed E-state index contributed by atoms with van der Waals surface area (Å²) in [5.41, 5.74) is 29.6. The Morgan fingerprint density at radius 1 is 0.248 bits per heavy atom. The summed E-state index contributed by atoms with van der Waals surface area (Å²) in [6.45, 7) is 15.0. The van der Waals surface area contributed by atoms with Crippen molar-refractivity contribution in [3.63, 3.8) is 0 Å². The molecule has 3 heterocycles. The fraction of sp³-hybridized carbons (Fsp3) is 0.105. The van der Waals surface area contributed by atoms with Crippen LogP contribution in [-0.2, 0) is 22.7 Å². The maximum Gasteiger partial charge on any atom is 0.0566 e. The quantitative estimate of drug-likeness (QED) is 0.121. The van der Waals surface area contributed by atoms with Gasteiger partial charge in [-0.3, -0.25) is 0 Å². The van der Waals surface area contributed by atoms with Gasteiger partial charge in [-0.1, -0.05) is 266 Å². The lowest BCUT2D eigenvalue weighted by Crippen LogP contribution is -2.43. The molecule has 3 aliphatic heterocycles. The summed E-state index contributed by atoms with van der Waals surface area (Å²) < 4.78 is 0. The standard InChI is InChI=1S/C105H80N4/c1-103(2)94-61-82(73-31-43-85(44-32-73)106(88-49-37-67-19-7-13-25-76(67)55-88)89-50-38-68-20-8-14-26-77(68)56-89)63-96-100(94)109-101-95(103)62-83(74-33-45-86(46-34-74)107(90-51-39-69-21-9-15-27-78(69)57-90)91-52-40-70-22-10-16-28-79(70)58-91)64-97(101)105(5,6)99-66-84(65-98(102(99)109)104(96,3)4)75-35-47-87(48-36-75)108(92-53-41-71-23-11-17-29-80(71)59-92)93-54-42-72-24-12-18-30-81(72)60-93/h7-59,61-66,93H,60H2,1-6H3. The van der Waals surface area contributed by atoms with Crippen molar-refractivity contribution in [2.24, 2.45) is 0 Å². The number of nitrogens with zero attached hydrogens (tertiary/aromatic N) is 4. The van der Waals surface area contributed by atoms with E-state index in [1.165, 1.54) is 155 Å². The largest absolute Gasteiger partial charge is 0.334 e. The highest BCUT2D eigenvalue weighted by Gasteiger charge is 2.52. The minimum atomic E-state index is -0.428. The second-order valence-electron chi connectivity index (χ2n) is 32.1. The summed E-state index contributed by atoms with van der Waals surface area (Å²) in [4.78, 5) is 10.1. The predicted octanol–water partition coefficient (Wildman–Crippen LogP) is 28.6. The number of hydrogen-bond acceptors (Lipinski definition) is 4. The topological polar surface area (TPSA) is 13.0 Å². The molecule has 520 valence electrons. The SMILES string of the molecule is CC1(C)c2cc(-c3ccc(N(c4ccc5ccccc5c4)c4ccc5ccccc5c4)cc3)cc3c2N2c4c1cc(-c1ccc(N(c5ccc6ccccc6c5)c5ccc6ccccc6c5)cc1)cc4C(C)(C)c1cc(-c4ccc(N(c5ccc6ccccc6c5)C5C=Cc6ccccc6C5)cc4)cc(c12)C3(C)C. The maximum absolute atomic E-state index is 2.74. The molecule has 0 spiro atoms. The number of fused-ring (bicyclic) bond motifs is 6. The average molecular weight is 1400 g/mol. The fourth-order valence-electron chi connectivity index (χ4n) is 18.8. The molecule has 0 amide bonds. The Morgan fingerprint density at radius 3 is 0.844 bits per heavy atom. The van der Waals surface area contributed by atoms with Crippen LogP contribution in [0.4, 0.5) is 62.6 Å². The molecule has 1 atom stereocenters. The van der Waals surface area contributed by atoms with Crippen LogP contribution in [0.15, 0.2) is 352 Å². The van der Waals surface area contributed by atoms with Gasteiger partial charge in [0.05, 0.1) is 23.1 Å². The first-order valence-corrected chi connectivity index (χ1v) is 38.5. The van der Waals surface area contributed by atoms with Gasteiger partial charge < -0.3 is 19.6 Å². The second-order valence-corrected chi connectivity index (χ2v) is 32.1. The van der Waals surface area contributed by atoms with E-state index in [1.807, 2.05) is 0 Å². The molecule has 4 nitrogen and oxygen atoms in total. The molecular weight excluding hydrogens is 1320 g/mol. The molecule has 0 saturated carbocycles. The van der Waals surface area contributed by atoms with Crippen LogP contribution in [0.1, 0.15) is 86.1 Å². The van der Waals surface area contributed by atoms with Crippen LogP contribution in [0.25, 0.3) is 93.3 Å². The summed E-state index contributed by atoms with van der Waals surface area (Å²) in [6, 6.07) is 130. The van der Waals surface area contributed by atoms with Crippen molar-refractivity contribution in [1.29, 1.82) is 0 Å². The van der Waals surface area contributed by atoms with Gasteiger partial charge in [0.1, 0.15) is 0 Å². The van der Waals surface area contributed by atoms with Gasteiger partial charge in [-0.25, -0.2) is 0 Å². The Labute approximate surface area is 638 Å². The summed E-state index contributed by atoms with van der Waals surface area (Å²) >= 11 is 0. The third-order valence-electron chi connectivity index (χ3n) is 24.7. The third kappa shape index (κ3) is 10.4. The molecule has 21 rings (SSSR count). The van der Waals surface area contributed by atoms with E-state index in [2.05, 4.69) is 419 Å². The maximum atomic E-state index is 2.74. The summed E-state index contributed by atoms with van der Waals surface area (Å²) in [7, 11) is 0. The highest BCUT2D eigenvalue weighted by atomic mass is 15.2. The van der Waals surface area contributed by atoms with E-state index < -0.39 is 16.2 Å². The fourth-order valence-corrected chi connectivity index (χ4v) is 18.8. The van der Waals surface area contributed by atoms with Crippen LogP contribution in [0.2, 0.25) is 0 Å². The summed E-state index contributed by atoms with van der Waals surface area (Å²) in [5.74, 6) is 0. The van der Waals surface area contributed by atoms with E-state index in [9.17, 15) is 0 Å². The average Bonchev–Trinajstić information content (AvgIpc) is 0.661. The van der Waals surface area contributed by atoms with Crippen molar-refractivity contribution in [3.8, 4) is 33.4 Å². The molecular formula is C105H80N4. The van der Waals surface area contributed by atoms with Crippen molar-refractivity contribution in [3.05, 3.63) is 396 Å². The van der Waals surface area contributed by atoms with Gasteiger partial charge in [-0.2, -0.15) is 0 Å². The highest BCUT2D eigenvalue weighted by Crippen LogP contribution is 2.68. The normalized spacial score (nSPS) is 15.1. The predicted molar refractivity (Wildman–Crippen MR) is 462 cm³/mol. The van der Waals surface area contributed by atoms with Gasteiger partial charge in [-0.05, 0) is 272 Å². The van der Waals surface area contributed by atoms with Crippen molar-refractivity contribution < 1.29 is 0 Å². The van der Waals surface area contributed by atoms with Crippen molar-refractivity contribution in [1.82, 2.24) is 0 Å². The Kier molecular flexibility index (Phi) is 14.5. The van der Waals surface area contributed by atoms with Gasteiger partial charge in [0, 0.05) is 61.7 Å². The lowest BCUT2D eigenvalue weighted by molar-refractivity contribution is 0.567. The molecule has 4 aliphatic rings. The zero-order valence-corrected chi connectivity index (χ0v) is 62.1. The molecule has 0 radical (unpaired) electrons. The molecule has 0 fully saturated rings. The zero-order chi connectivity index (χ0) is 73.0. The Balaban J connectivity index is 0.724. The van der Waals surface area contributed by atoms with E-state index in [-0.39, 0.29) is 6.04 Å². The van der Waals surface area contributed by atoms with Crippen molar-refractivity contribution >= 4 is 122 Å². The van der Waals surface area contributed by atoms with Gasteiger partial charge in [0.25, 0.3) is 0 Å². The van der Waals surface area contributed by atoms with Crippen LogP contribution in [0.5, 0.6) is 0 Å². The number of rotatable bonds is 12. The number of anilines is 11.